The Balaban J connectivity index is 2.01. The molecular weight excluding hydrogens is 304 g/mol. The molecule has 7 heteroatoms. The van der Waals surface area contributed by atoms with E-state index in [9.17, 15) is 4.79 Å². The number of aromatic nitrogens is 2. The quantitative estimate of drug-likeness (QED) is 0.688. The molecule has 3 aromatic rings. The lowest BCUT2D eigenvalue weighted by molar-refractivity contribution is 0.0600. The van der Waals surface area contributed by atoms with Gasteiger partial charge < -0.3 is 14.2 Å². The maximum Gasteiger partial charge on any atom is 0.338 e. The molecule has 1 aromatic carbocycles. The first-order valence-corrected chi connectivity index (χ1v) is 7.22. The lowest BCUT2D eigenvalue weighted by Gasteiger charge is -2.09. The van der Waals surface area contributed by atoms with Crippen molar-refractivity contribution < 1.29 is 19.0 Å². The molecule has 0 aliphatic heterocycles. The summed E-state index contributed by atoms with van der Waals surface area (Å²) < 4.78 is 15.7. The summed E-state index contributed by atoms with van der Waals surface area (Å²) in [5.74, 6) is 0.891. The fourth-order valence-corrected chi connectivity index (χ4v) is 2.67. The van der Waals surface area contributed by atoms with Crippen molar-refractivity contribution in [3.63, 3.8) is 0 Å². The first-order chi connectivity index (χ1) is 10.7. The molecule has 0 saturated carbocycles. The van der Waals surface area contributed by atoms with Crippen molar-refractivity contribution in [1.82, 2.24) is 9.97 Å². The van der Waals surface area contributed by atoms with Crippen LogP contribution in [0.3, 0.4) is 0 Å². The maximum absolute atomic E-state index is 11.7. The van der Waals surface area contributed by atoms with E-state index in [-0.39, 0.29) is 0 Å². The van der Waals surface area contributed by atoms with E-state index in [1.165, 1.54) is 31.9 Å². The fourth-order valence-electron chi connectivity index (χ4n) is 1.94. The Labute approximate surface area is 130 Å². The number of ether oxygens (including phenoxy) is 3. The minimum atomic E-state index is -0.466. The van der Waals surface area contributed by atoms with Crippen LogP contribution < -0.4 is 9.47 Å². The third-order valence-corrected chi connectivity index (χ3v) is 3.80. The zero-order chi connectivity index (χ0) is 15.5. The number of fused-ring (bicyclic) bond motifs is 1. The Kier molecular flexibility index (Phi) is 3.88. The fraction of sp³-hybridized carbons (Fsp3) is 0.133. The molecule has 0 saturated heterocycles. The average molecular weight is 316 g/mol. The molecule has 0 aliphatic carbocycles. The molecule has 3 rings (SSSR count). The molecule has 112 valence electrons. The number of esters is 1. The largest absolute Gasteiger partial charge is 0.497 e. The standard InChI is InChI=1S/C15H12N2O4S/c1-19-10-5-9(15(18)20-2)6-11(7-10)21-13-12-3-4-22-14(12)17-8-16-13/h3-8H,1-2H3. The molecule has 2 aromatic heterocycles. The van der Waals surface area contributed by atoms with Crippen molar-refractivity contribution in [2.75, 3.05) is 14.2 Å². The zero-order valence-electron chi connectivity index (χ0n) is 11.9. The van der Waals surface area contributed by atoms with Crippen molar-refractivity contribution in [2.24, 2.45) is 0 Å². The van der Waals surface area contributed by atoms with Gasteiger partial charge in [0.1, 0.15) is 22.7 Å². The van der Waals surface area contributed by atoms with Crippen molar-refractivity contribution in [3.05, 3.63) is 41.5 Å². The van der Waals surface area contributed by atoms with Crippen LogP contribution in [0.4, 0.5) is 0 Å². The second-order valence-corrected chi connectivity index (χ2v) is 5.20. The van der Waals surface area contributed by atoms with Crippen LogP contribution in [0, 0.1) is 0 Å². The Hall–Kier alpha value is -2.67. The smallest absolute Gasteiger partial charge is 0.338 e. The molecular formula is C15H12N2O4S. The minimum Gasteiger partial charge on any atom is -0.497 e. The van der Waals surface area contributed by atoms with Gasteiger partial charge in [-0.15, -0.1) is 11.3 Å². The summed E-state index contributed by atoms with van der Waals surface area (Å²) in [6.45, 7) is 0. The van der Waals surface area contributed by atoms with Crippen LogP contribution in [0.1, 0.15) is 10.4 Å². The van der Waals surface area contributed by atoms with Crippen molar-refractivity contribution in [2.45, 2.75) is 0 Å². The van der Waals surface area contributed by atoms with Crippen molar-refractivity contribution in [3.8, 4) is 17.4 Å². The number of nitrogens with zero attached hydrogens (tertiary/aromatic N) is 2. The number of methoxy groups -OCH3 is 2. The summed E-state index contributed by atoms with van der Waals surface area (Å²) in [5.41, 5.74) is 0.340. The highest BCUT2D eigenvalue weighted by molar-refractivity contribution is 7.16. The topological polar surface area (TPSA) is 70.5 Å². The Bertz CT molecular complexity index is 831. The van der Waals surface area contributed by atoms with Crippen molar-refractivity contribution in [1.29, 1.82) is 0 Å². The number of rotatable bonds is 4. The Morgan fingerprint density at radius 3 is 2.73 bits per heavy atom. The molecule has 0 fully saturated rings. The lowest BCUT2D eigenvalue weighted by Crippen LogP contribution is -2.02. The van der Waals surface area contributed by atoms with Gasteiger partial charge in [0.2, 0.25) is 5.88 Å². The van der Waals surface area contributed by atoms with E-state index in [0.717, 1.165) is 10.2 Å². The molecule has 0 amide bonds. The number of hydrogen-bond donors (Lipinski definition) is 0. The predicted molar refractivity (Wildman–Crippen MR) is 81.8 cm³/mol. The highest BCUT2D eigenvalue weighted by atomic mass is 32.1. The number of carbonyl (C=O) groups is 1. The molecule has 0 unspecified atom stereocenters. The normalized spacial score (nSPS) is 10.5. The number of benzene rings is 1. The number of carbonyl (C=O) groups excluding carboxylic acids is 1. The van der Waals surface area contributed by atoms with Crippen molar-refractivity contribution >= 4 is 27.5 Å². The van der Waals surface area contributed by atoms with E-state index < -0.39 is 5.97 Å². The summed E-state index contributed by atoms with van der Waals surface area (Å²) >= 11 is 1.50. The second-order valence-electron chi connectivity index (χ2n) is 4.31. The third-order valence-electron chi connectivity index (χ3n) is 2.98. The number of hydrogen-bond acceptors (Lipinski definition) is 7. The van der Waals surface area contributed by atoms with Gasteiger partial charge in [-0.2, -0.15) is 0 Å². The SMILES string of the molecule is COC(=O)c1cc(OC)cc(Oc2ncnc3sccc23)c1. The van der Waals surface area contributed by atoms with E-state index in [2.05, 4.69) is 9.97 Å². The van der Waals surface area contributed by atoms with E-state index >= 15 is 0 Å². The summed E-state index contributed by atoms with van der Waals surface area (Å²) in [6, 6.07) is 6.72. The van der Waals surface area contributed by atoms with E-state index in [4.69, 9.17) is 14.2 Å². The minimum absolute atomic E-state index is 0.340. The predicted octanol–water partition coefficient (Wildman–Crippen LogP) is 3.28. The summed E-state index contributed by atoms with van der Waals surface area (Å²) in [7, 11) is 2.84. The van der Waals surface area contributed by atoms with Crippen LogP contribution in [-0.2, 0) is 4.74 Å². The van der Waals surface area contributed by atoms with E-state index in [0.29, 0.717) is 22.9 Å². The first kappa shape index (κ1) is 14.3. The van der Waals surface area contributed by atoms with Gasteiger partial charge in [0.05, 0.1) is 25.2 Å². The first-order valence-electron chi connectivity index (χ1n) is 6.34. The molecule has 0 aliphatic rings. The van der Waals surface area contributed by atoms with Gasteiger partial charge in [0, 0.05) is 6.07 Å². The van der Waals surface area contributed by atoms with Crippen LogP contribution in [0.5, 0.6) is 17.4 Å². The van der Waals surface area contributed by atoms with Gasteiger partial charge >= 0.3 is 5.97 Å². The molecule has 6 nitrogen and oxygen atoms in total. The van der Waals surface area contributed by atoms with Gasteiger partial charge in [0.25, 0.3) is 0 Å². The van der Waals surface area contributed by atoms with Gasteiger partial charge in [-0.05, 0) is 23.6 Å². The Morgan fingerprint density at radius 2 is 1.95 bits per heavy atom. The summed E-state index contributed by atoms with van der Waals surface area (Å²) in [4.78, 5) is 20.8. The maximum atomic E-state index is 11.7. The average Bonchev–Trinajstić information content (AvgIpc) is 3.03. The highest BCUT2D eigenvalue weighted by Gasteiger charge is 2.13. The van der Waals surface area contributed by atoms with Crippen LogP contribution in [0.2, 0.25) is 0 Å². The summed E-state index contributed by atoms with van der Waals surface area (Å²) in [5, 5.41) is 2.73. The number of thiophene rings is 1. The molecule has 0 radical (unpaired) electrons. The van der Waals surface area contributed by atoms with E-state index in [1.54, 1.807) is 18.2 Å². The molecule has 0 N–H and O–H groups in total. The zero-order valence-corrected chi connectivity index (χ0v) is 12.7. The van der Waals surface area contributed by atoms with Gasteiger partial charge in [-0.25, -0.2) is 14.8 Å². The second kappa shape index (κ2) is 5.98. The third kappa shape index (κ3) is 2.71. The molecule has 22 heavy (non-hydrogen) atoms. The molecule has 0 atom stereocenters. The van der Waals surface area contributed by atoms with Gasteiger partial charge in [-0.3, -0.25) is 0 Å². The lowest BCUT2D eigenvalue weighted by atomic mass is 10.2. The Morgan fingerprint density at radius 1 is 1.14 bits per heavy atom. The van der Waals surface area contributed by atoms with E-state index in [1.807, 2.05) is 11.4 Å². The molecule has 2 heterocycles. The highest BCUT2D eigenvalue weighted by Crippen LogP contribution is 2.31. The van der Waals surface area contributed by atoms with Crippen LogP contribution in [0.25, 0.3) is 10.2 Å². The molecule has 0 spiro atoms. The molecule has 0 bridgehead atoms. The van der Waals surface area contributed by atoms with Crippen LogP contribution >= 0.6 is 11.3 Å². The summed E-state index contributed by atoms with van der Waals surface area (Å²) in [6.07, 6.45) is 1.44. The van der Waals surface area contributed by atoms with Crippen LogP contribution in [0.15, 0.2) is 36.0 Å². The van der Waals surface area contributed by atoms with Crippen LogP contribution in [-0.4, -0.2) is 30.2 Å². The van der Waals surface area contributed by atoms with Gasteiger partial charge in [-0.1, -0.05) is 0 Å². The monoisotopic (exact) mass is 316 g/mol. The van der Waals surface area contributed by atoms with Gasteiger partial charge in [0.15, 0.2) is 0 Å².